The number of nitrogens with zero attached hydrogens (tertiary/aromatic N) is 4. The summed E-state index contributed by atoms with van der Waals surface area (Å²) in [5.74, 6) is 0.537. The van der Waals surface area contributed by atoms with E-state index in [1.807, 2.05) is 0 Å². The van der Waals surface area contributed by atoms with E-state index in [4.69, 9.17) is 0 Å². The molecule has 2 N–H and O–H groups in total. The molecule has 0 aliphatic carbocycles. The van der Waals surface area contributed by atoms with Crippen LogP contribution in [0.1, 0.15) is 11.4 Å². The lowest BCUT2D eigenvalue weighted by atomic mass is 10.1. The van der Waals surface area contributed by atoms with Crippen LogP contribution >= 0.6 is 11.3 Å². The number of thiophene rings is 1. The van der Waals surface area contributed by atoms with Crippen molar-refractivity contribution < 1.29 is 23.0 Å². The van der Waals surface area contributed by atoms with E-state index in [0.29, 0.717) is 5.82 Å². The molecule has 14 heteroatoms. The SMILES string of the molecule is O=[N+]([O-])c1cc(C(F)(F)F)cc([N+](=O)[O-])c1NCc1nc(-c2cccs2)n[nH]1. The van der Waals surface area contributed by atoms with Crippen LogP contribution in [0.25, 0.3) is 10.7 Å². The van der Waals surface area contributed by atoms with Gasteiger partial charge < -0.3 is 5.32 Å². The molecule has 0 bridgehead atoms. The van der Waals surface area contributed by atoms with Crippen LogP contribution in [0.3, 0.4) is 0 Å². The first kappa shape index (κ1) is 19.2. The predicted molar refractivity (Wildman–Crippen MR) is 91.8 cm³/mol. The lowest BCUT2D eigenvalue weighted by Gasteiger charge is -2.10. The first-order valence-corrected chi connectivity index (χ1v) is 8.28. The Hall–Kier alpha value is -3.55. The molecule has 0 radical (unpaired) electrons. The first-order chi connectivity index (χ1) is 13.2. The number of hydrogen-bond donors (Lipinski definition) is 2. The minimum absolute atomic E-state index is 0.187. The van der Waals surface area contributed by atoms with Crippen LogP contribution < -0.4 is 5.32 Å². The van der Waals surface area contributed by atoms with Gasteiger partial charge in [-0.3, -0.25) is 25.3 Å². The van der Waals surface area contributed by atoms with Crippen LogP contribution in [-0.2, 0) is 12.7 Å². The highest BCUT2D eigenvalue weighted by Crippen LogP contribution is 2.41. The maximum atomic E-state index is 12.9. The molecule has 0 spiro atoms. The molecule has 0 aliphatic rings. The average Bonchev–Trinajstić information content (AvgIpc) is 3.29. The highest BCUT2D eigenvalue weighted by Gasteiger charge is 2.37. The number of benzene rings is 1. The van der Waals surface area contributed by atoms with Gasteiger partial charge in [-0.05, 0) is 11.4 Å². The molecule has 0 fully saturated rings. The van der Waals surface area contributed by atoms with E-state index in [2.05, 4.69) is 20.5 Å². The topological polar surface area (TPSA) is 140 Å². The van der Waals surface area contributed by atoms with Crippen molar-refractivity contribution in [3.63, 3.8) is 0 Å². The third-order valence-electron chi connectivity index (χ3n) is 3.52. The molecular formula is C14H9F3N6O4S. The number of anilines is 1. The van der Waals surface area contributed by atoms with Crippen LogP contribution in [-0.4, -0.2) is 25.0 Å². The zero-order valence-electron chi connectivity index (χ0n) is 13.6. The summed E-state index contributed by atoms with van der Waals surface area (Å²) in [6.07, 6.45) is -4.98. The molecule has 1 aromatic carbocycles. The van der Waals surface area contributed by atoms with E-state index in [0.717, 1.165) is 4.88 Å². The quantitative estimate of drug-likeness (QED) is 0.459. The first-order valence-electron chi connectivity index (χ1n) is 7.40. The number of hydrogen-bond acceptors (Lipinski definition) is 8. The van der Waals surface area contributed by atoms with Crippen molar-refractivity contribution in [3.8, 4) is 10.7 Å². The molecule has 0 unspecified atom stereocenters. The molecule has 28 heavy (non-hydrogen) atoms. The van der Waals surface area contributed by atoms with Gasteiger partial charge in [-0.1, -0.05) is 6.07 Å². The Morgan fingerprint density at radius 2 is 1.82 bits per heavy atom. The summed E-state index contributed by atoms with van der Waals surface area (Å²) in [5, 5.41) is 33.1. The molecule has 0 atom stereocenters. The Morgan fingerprint density at radius 3 is 2.32 bits per heavy atom. The Bertz CT molecular complexity index is 999. The monoisotopic (exact) mass is 414 g/mol. The van der Waals surface area contributed by atoms with Gasteiger partial charge in [0.1, 0.15) is 5.82 Å². The Balaban J connectivity index is 1.94. The average molecular weight is 414 g/mol. The zero-order valence-corrected chi connectivity index (χ0v) is 14.4. The van der Waals surface area contributed by atoms with Gasteiger partial charge in [-0.2, -0.15) is 18.3 Å². The third-order valence-corrected chi connectivity index (χ3v) is 4.39. The van der Waals surface area contributed by atoms with Gasteiger partial charge in [-0.15, -0.1) is 11.3 Å². The second-order valence-corrected chi connectivity index (χ2v) is 6.29. The summed E-state index contributed by atoms with van der Waals surface area (Å²) in [7, 11) is 0. The Kier molecular flexibility index (Phi) is 4.96. The summed E-state index contributed by atoms with van der Waals surface area (Å²) in [5.41, 5.74) is -4.28. The summed E-state index contributed by atoms with van der Waals surface area (Å²) in [6, 6.07) is 4.03. The summed E-state index contributed by atoms with van der Waals surface area (Å²) < 4.78 is 38.7. The molecule has 3 aromatic rings. The maximum absolute atomic E-state index is 12.9. The zero-order chi connectivity index (χ0) is 20.5. The van der Waals surface area contributed by atoms with Crippen LogP contribution in [0, 0.1) is 20.2 Å². The summed E-state index contributed by atoms with van der Waals surface area (Å²) >= 11 is 1.37. The van der Waals surface area contributed by atoms with Crippen LogP contribution in [0.15, 0.2) is 29.6 Å². The second kappa shape index (κ2) is 7.22. The highest BCUT2D eigenvalue weighted by molar-refractivity contribution is 7.13. The Labute approximate surface area is 157 Å². The minimum Gasteiger partial charge on any atom is -0.367 e. The lowest BCUT2D eigenvalue weighted by molar-refractivity contribution is -0.392. The van der Waals surface area contributed by atoms with E-state index in [9.17, 15) is 33.4 Å². The standard InChI is InChI=1S/C14H9F3N6O4S/c15-14(16,17)7-4-8(22(24)25)12(9(5-7)23(26)27)18-6-11-19-13(21-20-11)10-2-1-3-28-10/h1-5,18H,6H2,(H,19,20,21). The van der Waals surface area contributed by atoms with Gasteiger partial charge >= 0.3 is 6.18 Å². The molecule has 0 saturated heterocycles. The van der Waals surface area contributed by atoms with Crippen molar-refractivity contribution in [1.82, 2.24) is 15.2 Å². The number of alkyl halides is 3. The van der Waals surface area contributed by atoms with Crippen LogP contribution in [0.5, 0.6) is 0 Å². The van der Waals surface area contributed by atoms with Crippen molar-refractivity contribution in [2.24, 2.45) is 0 Å². The molecule has 3 rings (SSSR count). The van der Waals surface area contributed by atoms with E-state index < -0.39 is 38.6 Å². The minimum atomic E-state index is -4.98. The van der Waals surface area contributed by atoms with E-state index in [1.54, 1.807) is 17.5 Å². The van der Waals surface area contributed by atoms with Gasteiger partial charge in [0, 0.05) is 12.1 Å². The lowest BCUT2D eigenvalue weighted by Crippen LogP contribution is -2.11. The van der Waals surface area contributed by atoms with Gasteiger partial charge in [0.15, 0.2) is 11.5 Å². The molecule has 10 nitrogen and oxygen atoms in total. The number of halogens is 3. The second-order valence-electron chi connectivity index (χ2n) is 5.34. The number of rotatable bonds is 6. The summed E-state index contributed by atoms with van der Waals surface area (Å²) in [4.78, 5) is 25.0. The fraction of sp³-hybridized carbons (Fsp3) is 0.143. The number of aromatic amines is 1. The number of nitrogens with one attached hydrogen (secondary N) is 2. The number of nitro benzene ring substituents is 2. The highest BCUT2D eigenvalue weighted by atomic mass is 32.1. The van der Waals surface area contributed by atoms with E-state index >= 15 is 0 Å². The number of H-pyrrole nitrogens is 1. The van der Waals surface area contributed by atoms with Gasteiger partial charge in [0.2, 0.25) is 0 Å². The van der Waals surface area contributed by atoms with Crippen molar-refractivity contribution >= 4 is 28.4 Å². The molecule has 0 aliphatic heterocycles. The Morgan fingerprint density at radius 1 is 1.18 bits per heavy atom. The predicted octanol–water partition coefficient (Wildman–Crippen LogP) is 3.98. The maximum Gasteiger partial charge on any atom is 0.416 e. The smallest absolute Gasteiger partial charge is 0.367 e. The fourth-order valence-corrected chi connectivity index (χ4v) is 2.96. The molecule has 2 aromatic heterocycles. The summed E-state index contributed by atoms with van der Waals surface area (Å²) in [6.45, 7) is -0.259. The molecular weight excluding hydrogens is 405 g/mol. The van der Waals surface area contributed by atoms with Gasteiger partial charge in [0.05, 0.1) is 26.8 Å². The number of nitro groups is 2. The van der Waals surface area contributed by atoms with Crippen molar-refractivity contribution in [2.75, 3.05) is 5.32 Å². The molecule has 0 saturated carbocycles. The third kappa shape index (κ3) is 3.90. The van der Waals surface area contributed by atoms with Crippen molar-refractivity contribution in [3.05, 3.63) is 61.3 Å². The largest absolute Gasteiger partial charge is 0.416 e. The van der Waals surface area contributed by atoms with Gasteiger partial charge in [0.25, 0.3) is 11.4 Å². The van der Waals surface area contributed by atoms with Crippen LogP contribution in [0.2, 0.25) is 0 Å². The normalized spacial score (nSPS) is 11.4. The fourth-order valence-electron chi connectivity index (χ4n) is 2.31. The molecule has 0 amide bonds. The van der Waals surface area contributed by atoms with Crippen LogP contribution in [0.4, 0.5) is 30.2 Å². The van der Waals surface area contributed by atoms with Crippen molar-refractivity contribution in [1.29, 1.82) is 0 Å². The number of aromatic nitrogens is 3. The van der Waals surface area contributed by atoms with Gasteiger partial charge in [-0.25, -0.2) is 4.98 Å². The molecule has 146 valence electrons. The van der Waals surface area contributed by atoms with E-state index in [1.165, 1.54) is 11.3 Å². The van der Waals surface area contributed by atoms with E-state index in [-0.39, 0.29) is 24.5 Å². The van der Waals surface area contributed by atoms with Crippen molar-refractivity contribution in [2.45, 2.75) is 12.7 Å². The molecule has 2 heterocycles.